The zero-order valence-electron chi connectivity index (χ0n) is 11.3. The van der Waals surface area contributed by atoms with Crippen LogP contribution in [0.15, 0.2) is 0 Å². The minimum absolute atomic E-state index is 0.188. The van der Waals surface area contributed by atoms with E-state index in [0.717, 1.165) is 5.56 Å². The van der Waals surface area contributed by atoms with Gasteiger partial charge in [-0.05, 0) is 25.3 Å². The summed E-state index contributed by atoms with van der Waals surface area (Å²) in [4.78, 5) is 13.5. The summed E-state index contributed by atoms with van der Waals surface area (Å²) in [5, 5.41) is 0. The highest BCUT2D eigenvalue weighted by atomic mass is 32.1. The van der Waals surface area contributed by atoms with Crippen LogP contribution in [0, 0.1) is 6.92 Å². The normalized spacial score (nSPS) is 18.6. The molecule has 0 unspecified atom stereocenters. The number of hydrogen-bond acceptors (Lipinski definition) is 4. The molecule has 0 saturated heterocycles. The second kappa shape index (κ2) is 4.92. The van der Waals surface area contributed by atoms with E-state index in [1.807, 2.05) is 6.92 Å². The van der Waals surface area contributed by atoms with E-state index in [-0.39, 0.29) is 11.4 Å². The fraction of sp³-hybridized carbons (Fsp3) is 0.643. The van der Waals surface area contributed by atoms with Crippen molar-refractivity contribution < 1.29 is 9.53 Å². The fourth-order valence-corrected chi connectivity index (χ4v) is 4.25. The van der Waals surface area contributed by atoms with Gasteiger partial charge in [0.05, 0.1) is 12.8 Å². The first kappa shape index (κ1) is 13.4. The molecule has 0 aliphatic heterocycles. The van der Waals surface area contributed by atoms with Crippen LogP contribution in [-0.2, 0) is 10.2 Å². The minimum Gasteiger partial charge on any atom is -0.465 e. The topological polar surface area (TPSA) is 52.3 Å². The summed E-state index contributed by atoms with van der Waals surface area (Å²) in [6, 6.07) is 0. The first-order chi connectivity index (χ1) is 8.49. The van der Waals surface area contributed by atoms with Crippen LogP contribution >= 0.6 is 11.3 Å². The van der Waals surface area contributed by atoms with E-state index in [1.165, 1.54) is 55.4 Å². The Hall–Kier alpha value is -1.03. The molecule has 18 heavy (non-hydrogen) atoms. The summed E-state index contributed by atoms with van der Waals surface area (Å²) in [6.07, 6.45) is 6.23. The molecule has 0 atom stereocenters. The molecule has 1 aromatic rings. The van der Waals surface area contributed by atoms with Crippen LogP contribution in [0.3, 0.4) is 0 Å². The lowest BCUT2D eigenvalue weighted by Crippen LogP contribution is -2.24. The van der Waals surface area contributed by atoms with Gasteiger partial charge in [0.15, 0.2) is 0 Å². The van der Waals surface area contributed by atoms with Crippen molar-refractivity contribution in [3.63, 3.8) is 0 Å². The first-order valence-corrected chi connectivity index (χ1v) is 7.29. The Kier molecular flexibility index (Phi) is 3.66. The molecule has 1 saturated carbocycles. The molecule has 1 aliphatic rings. The molecule has 0 bridgehead atoms. The van der Waals surface area contributed by atoms with Crippen LogP contribution < -0.4 is 5.73 Å². The Morgan fingerprint density at radius 1 is 1.33 bits per heavy atom. The van der Waals surface area contributed by atoms with Gasteiger partial charge in [-0.1, -0.05) is 26.2 Å². The maximum absolute atomic E-state index is 11.7. The Balaban J connectivity index is 2.42. The molecule has 3 nitrogen and oxygen atoms in total. The predicted octanol–water partition coefficient (Wildman–Crippen LogP) is 3.65. The molecule has 0 aromatic carbocycles. The molecule has 0 radical (unpaired) electrons. The molecule has 4 heteroatoms. The quantitative estimate of drug-likeness (QED) is 0.832. The van der Waals surface area contributed by atoms with Gasteiger partial charge in [0.2, 0.25) is 0 Å². The third kappa shape index (κ3) is 2.14. The third-order valence-electron chi connectivity index (χ3n) is 4.07. The lowest BCUT2D eigenvalue weighted by molar-refractivity contribution is 0.0607. The van der Waals surface area contributed by atoms with Crippen LogP contribution in [-0.4, -0.2) is 13.1 Å². The number of anilines is 1. The monoisotopic (exact) mass is 267 g/mol. The highest BCUT2D eigenvalue weighted by molar-refractivity contribution is 7.15. The van der Waals surface area contributed by atoms with Crippen molar-refractivity contribution in [2.75, 3.05) is 12.8 Å². The van der Waals surface area contributed by atoms with Gasteiger partial charge in [-0.2, -0.15) is 0 Å². The van der Waals surface area contributed by atoms with Crippen LogP contribution in [0.25, 0.3) is 0 Å². The van der Waals surface area contributed by atoms with Crippen molar-refractivity contribution in [3.8, 4) is 0 Å². The van der Waals surface area contributed by atoms with E-state index < -0.39 is 0 Å². The largest absolute Gasteiger partial charge is 0.465 e. The number of ether oxygens (including phenoxy) is 1. The molecule has 100 valence electrons. The Morgan fingerprint density at radius 3 is 2.50 bits per heavy atom. The molecule has 1 fully saturated rings. The van der Waals surface area contributed by atoms with Gasteiger partial charge < -0.3 is 10.5 Å². The average Bonchev–Trinajstić information content (AvgIpc) is 2.67. The summed E-state index contributed by atoms with van der Waals surface area (Å²) in [5.41, 5.74) is 7.92. The number of nitrogens with two attached hydrogens (primary N) is 1. The van der Waals surface area contributed by atoms with Gasteiger partial charge in [-0.25, -0.2) is 4.79 Å². The van der Waals surface area contributed by atoms with E-state index in [9.17, 15) is 4.79 Å². The second-order valence-electron chi connectivity index (χ2n) is 5.41. The number of thiophene rings is 1. The molecular formula is C14H21NO2S. The van der Waals surface area contributed by atoms with Crippen LogP contribution in [0.1, 0.15) is 59.1 Å². The van der Waals surface area contributed by atoms with E-state index in [2.05, 4.69) is 6.92 Å². The Bertz CT molecular complexity index is 459. The summed E-state index contributed by atoms with van der Waals surface area (Å²) in [6.45, 7) is 4.32. The number of rotatable bonds is 2. The number of carbonyl (C=O) groups is 1. The molecular weight excluding hydrogens is 246 g/mol. The van der Waals surface area contributed by atoms with Crippen molar-refractivity contribution in [3.05, 3.63) is 15.3 Å². The number of methoxy groups -OCH3 is 1. The standard InChI is InChI=1S/C14H21NO2S/c1-9-10(15)11(13(16)17-3)18-12(9)14(2)7-5-4-6-8-14/h4-8,15H2,1-3H3. The Morgan fingerprint density at radius 2 is 1.94 bits per heavy atom. The number of esters is 1. The average molecular weight is 267 g/mol. The number of carbonyl (C=O) groups excluding carboxylic acids is 1. The maximum atomic E-state index is 11.7. The van der Waals surface area contributed by atoms with Crippen LogP contribution in [0.2, 0.25) is 0 Å². The van der Waals surface area contributed by atoms with Gasteiger partial charge in [0.1, 0.15) is 4.88 Å². The molecule has 1 aromatic heterocycles. The van der Waals surface area contributed by atoms with Crippen molar-refractivity contribution in [2.45, 2.75) is 51.4 Å². The van der Waals surface area contributed by atoms with Crippen LogP contribution in [0.5, 0.6) is 0 Å². The molecule has 0 amide bonds. The zero-order valence-corrected chi connectivity index (χ0v) is 12.2. The van der Waals surface area contributed by atoms with E-state index in [4.69, 9.17) is 10.5 Å². The highest BCUT2D eigenvalue weighted by Gasteiger charge is 2.34. The summed E-state index contributed by atoms with van der Waals surface area (Å²) < 4.78 is 4.80. The first-order valence-electron chi connectivity index (χ1n) is 6.47. The van der Waals surface area contributed by atoms with Crippen molar-refractivity contribution in [1.82, 2.24) is 0 Å². The van der Waals surface area contributed by atoms with Crippen LogP contribution in [0.4, 0.5) is 5.69 Å². The lowest BCUT2D eigenvalue weighted by Gasteiger charge is -2.33. The summed E-state index contributed by atoms with van der Waals surface area (Å²) in [7, 11) is 1.40. The number of hydrogen-bond donors (Lipinski definition) is 1. The lowest BCUT2D eigenvalue weighted by atomic mass is 9.74. The van der Waals surface area contributed by atoms with Gasteiger partial charge in [-0.15, -0.1) is 11.3 Å². The SMILES string of the molecule is COC(=O)c1sc(C2(C)CCCCC2)c(C)c1N. The van der Waals surface area contributed by atoms with E-state index in [1.54, 1.807) is 0 Å². The molecule has 0 spiro atoms. The fourth-order valence-electron chi connectivity index (χ4n) is 2.91. The van der Waals surface area contributed by atoms with Crippen molar-refractivity contribution >= 4 is 23.0 Å². The molecule has 1 aliphatic carbocycles. The van der Waals surface area contributed by atoms with Gasteiger partial charge in [0.25, 0.3) is 0 Å². The Labute approximate surface area is 112 Å². The second-order valence-corrected chi connectivity index (χ2v) is 6.43. The van der Waals surface area contributed by atoms with Crippen molar-refractivity contribution in [1.29, 1.82) is 0 Å². The minimum atomic E-state index is -0.314. The zero-order chi connectivity index (χ0) is 13.3. The summed E-state index contributed by atoms with van der Waals surface area (Å²) in [5.74, 6) is -0.314. The number of nitrogen functional groups attached to an aromatic ring is 1. The van der Waals surface area contributed by atoms with Gasteiger partial charge >= 0.3 is 5.97 Å². The van der Waals surface area contributed by atoms with Crippen molar-refractivity contribution in [2.24, 2.45) is 0 Å². The van der Waals surface area contributed by atoms with Gasteiger partial charge in [0, 0.05) is 10.3 Å². The summed E-state index contributed by atoms with van der Waals surface area (Å²) >= 11 is 1.52. The molecule has 1 heterocycles. The highest BCUT2D eigenvalue weighted by Crippen LogP contribution is 2.46. The van der Waals surface area contributed by atoms with E-state index in [0.29, 0.717) is 10.6 Å². The molecule has 2 N–H and O–H groups in total. The maximum Gasteiger partial charge on any atom is 0.350 e. The smallest absolute Gasteiger partial charge is 0.350 e. The molecule has 2 rings (SSSR count). The third-order valence-corrected chi connectivity index (χ3v) is 5.66. The van der Waals surface area contributed by atoms with E-state index >= 15 is 0 Å². The van der Waals surface area contributed by atoms with Gasteiger partial charge in [-0.3, -0.25) is 0 Å². The predicted molar refractivity (Wildman–Crippen MR) is 75.2 cm³/mol.